The van der Waals surface area contributed by atoms with E-state index in [0.29, 0.717) is 18.9 Å². The Hall–Kier alpha value is -1.26. The van der Waals surface area contributed by atoms with E-state index in [1.807, 2.05) is 24.3 Å². The van der Waals surface area contributed by atoms with Gasteiger partial charge >= 0.3 is 0 Å². The summed E-state index contributed by atoms with van der Waals surface area (Å²) >= 11 is 0. The van der Waals surface area contributed by atoms with Crippen molar-refractivity contribution in [2.24, 2.45) is 11.7 Å². The molecule has 0 bridgehead atoms. The Kier molecular flexibility index (Phi) is 11.6. The molecule has 0 saturated carbocycles. The quantitative estimate of drug-likeness (QED) is 0.638. The number of anilines is 1. The average Bonchev–Trinajstić information content (AvgIpc) is 2.45. The van der Waals surface area contributed by atoms with Gasteiger partial charge in [-0.25, -0.2) is 0 Å². The van der Waals surface area contributed by atoms with E-state index < -0.39 is 0 Å². The van der Waals surface area contributed by atoms with Crippen LogP contribution >= 0.6 is 12.4 Å². The van der Waals surface area contributed by atoms with Crippen LogP contribution in [0.1, 0.15) is 46.0 Å². The molecule has 126 valence electrons. The maximum atomic E-state index is 11.8. The summed E-state index contributed by atoms with van der Waals surface area (Å²) in [6.07, 6.45) is 4.67. The summed E-state index contributed by atoms with van der Waals surface area (Å²) in [5.41, 5.74) is 6.23. The molecule has 0 aliphatic heterocycles. The molecule has 0 aromatic heterocycles. The van der Waals surface area contributed by atoms with E-state index in [1.54, 1.807) is 0 Å². The van der Waals surface area contributed by atoms with Crippen LogP contribution in [-0.2, 0) is 4.79 Å². The highest BCUT2D eigenvalue weighted by atomic mass is 35.5. The Bertz CT molecular complexity index is 425. The average molecular weight is 329 g/mol. The molecule has 1 aromatic rings. The molecule has 0 aliphatic carbocycles. The number of amides is 1. The van der Waals surface area contributed by atoms with Gasteiger partial charge in [0.25, 0.3) is 0 Å². The van der Waals surface area contributed by atoms with Crippen LogP contribution in [0.3, 0.4) is 0 Å². The third-order valence-corrected chi connectivity index (χ3v) is 3.06. The molecule has 1 rings (SSSR count). The summed E-state index contributed by atoms with van der Waals surface area (Å²) in [4.78, 5) is 11.8. The summed E-state index contributed by atoms with van der Waals surface area (Å²) in [5, 5.41) is 2.92. The maximum Gasteiger partial charge on any atom is 0.224 e. The highest BCUT2D eigenvalue weighted by Gasteiger charge is 2.04. The molecular weight excluding hydrogens is 300 g/mol. The second kappa shape index (κ2) is 12.3. The van der Waals surface area contributed by atoms with Crippen LogP contribution in [0.5, 0.6) is 5.75 Å². The van der Waals surface area contributed by atoms with Gasteiger partial charge in [0, 0.05) is 18.2 Å². The van der Waals surface area contributed by atoms with Crippen molar-refractivity contribution < 1.29 is 9.53 Å². The van der Waals surface area contributed by atoms with Crippen molar-refractivity contribution in [2.45, 2.75) is 46.0 Å². The van der Waals surface area contributed by atoms with Crippen molar-refractivity contribution in [3.8, 4) is 5.75 Å². The predicted octanol–water partition coefficient (Wildman–Crippen LogP) is 3.99. The SMILES string of the molecule is CC(C)COc1cccc(NC(=O)CCCCCCN)c1.Cl. The molecule has 4 nitrogen and oxygen atoms in total. The molecule has 0 fully saturated rings. The number of benzene rings is 1. The highest BCUT2D eigenvalue weighted by Crippen LogP contribution is 2.18. The first-order valence-electron chi connectivity index (χ1n) is 7.84. The summed E-state index contributed by atoms with van der Waals surface area (Å²) in [6.45, 7) is 5.63. The van der Waals surface area contributed by atoms with Gasteiger partial charge in [0.05, 0.1) is 6.61 Å². The Morgan fingerprint density at radius 2 is 1.95 bits per heavy atom. The Labute approximate surface area is 140 Å². The van der Waals surface area contributed by atoms with Crippen LogP contribution in [0.4, 0.5) is 5.69 Å². The van der Waals surface area contributed by atoms with E-state index in [4.69, 9.17) is 10.5 Å². The number of carbonyl (C=O) groups is 1. The van der Waals surface area contributed by atoms with Gasteiger partial charge in [-0.2, -0.15) is 0 Å². The number of unbranched alkanes of at least 4 members (excludes halogenated alkanes) is 3. The van der Waals surface area contributed by atoms with E-state index in [-0.39, 0.29) is 18.3 Å². The summed E-state index contributed by atoms with van der Waals surface area (Å²) < 4.78 is 5.65. The van der Waals surface area contributed by atoms with E-state index in [2.05, 4.69) is 19.2 Å². The van der Waals surface area contributed by atoms with Gasteiger partial charge in [0.15, 0.2) is 0 Å². The first-order valence-corrected chi connectivity index (χ1v) is 7.84. The molecule has 0 spiro atoms. The van der Waals surface area contributed by atoms with Crippen molar-refractivity contribution in [1.82, 2.24) is 0 Å². The zero-order valence-corrected chi connectivity index (χ0v) is 14.5. The Morgan fingerprint density at radius 3 is 2.64 bits per heavy atom. The number of hydrogen-bond acceptors (Lipinski definition) is 3. The lowest BCUT2D eigenvalue weighted by Gasteiger charge is -2.10. The number of halogens is 1. The fourth-order valence-corrected chi connectivity index (χ4v) is 1.93. The molecule has 0 unspecified atom stereocenters. The number of nitrogens with one attached hydrogen (secondary N) is 1. The number of hydrogen-bond donors (Lipinski definition) is 2. The fraction of sp³-hybridized carbons (Fsp3) is 0.588. The van der Waals surface area contributed by atoms with E-state index in [9.17, 15) is 4.79 Å². The summed E-state index contributed by atoms with van der Waals surface area (Å²) in [6, 6.07) is 7.56. The van der Waals surface area contributed by atoms with Crippen LogP contribution in [0.15, 0.2) is 24.3 Å². The van der Waals surface area contributed by atoms with Crippen molar-refractivity contribution in [2.75, 3.05) is 18.5 Å². The number of carbonyl (C=O) groups excluding carboxylic acids is 1. The Balaban J connectivity index is 0.00000441. The molecule has 1 aromatic carbocycles. The molecular formula is C17H29ClN2O2. The van der Waals surface area contributed by atoms with E-state index in [1.165, 1.54) is 0 Å². The number of nitrogens with two attached hydrogens (primary N) is 1. The number of rotatable bonds is 10. The van der Waals surface area contributed by atoms with Crippen LogP contribution in [0.2, 0.25) is 0 Å². The summed E-state index contributed by atoms with van der Waals surface area (Å²) in [5.74, 6) is 1.34. The molecule has 0 saturated heterocycles. The van der Waals surface area contributed by atoms with Crippen LogP contribution in [0, 0.1) is 5.92 Å². The van der Waals surface area contributed by atoms with Gasteiger partial charge in [-0.05, 0) is 37.4 Å². The minimum Gasteiger partial charge on any atom is -0.493 e. The zero-order chi connectivity index (χ0) is 15.5. The first-order chi connectivity index (χ1) is 10.1. The molecule has 1 amide bonds. The monoisotopic (exact) mass is 328 g/mol. The van der Waals surface area contributed by atoms with Crippen molar-refractivity contribution >= 4 is 24.0 Å². The topological polar surface area (TPSA) is 64.3 Å². The van der Waals surface area contributed by atoms with Crippen LogP contribution in [0.25, 0.3) is 0 Å². The van der Waals surface area contributed by atoms with Crippen molar-refractivity contribution in [3.05, 3.63) is 24.3 Å². The highest BCUT2D eigenvalue weighted by molar-refractivity contribution is 5.90. The van der Waals surface area contributed by atoms with Crippen molar-refractivity contribution in [3.63, 3.8) is 0 Å². The normalized spacial score (nSPS) is 10.2. The van der Waals surface area contributed by atoms with Gasteiger partial charge in [-0.15, -0.1) is 12.4 Å². The lowest BCUT2D eigenvalue weighted by Crippen LogP contribution is -2.11. The minimum atomic E-state index is 0. The largest absolute Gasteiger partial charge is 0.493 e. The molecule has 0 atom stereocenters. The Morgan fingerprint density at radius 1 is 1.23 bits per heavy atom. The van der Waals surface area contributed by atoms with Gasteiger partial charge in [-0.1, -0.05) is 32.8 Å². The lowest BCUT2D eigenvalue weighted by molar-refractivity contribution is -0.116. The van der Waals surface area contributed by atoms with Gasteiger partial charge in [-0.3, -0.25) is 4.79 Å². The lowest BCUT2D eigenvalue weighted by atomic mass is 10.1. The van der Waals surface area contributed by atoms with Gasteiger partial charge < -0.3 is 15.8 Å². The molecule has 5 heteroatoms. The molecule has 0 radical (unpaired) electrons. The zero-order valence-electron chi connectivity index (χ0n) is 13.6. The maximum absolute atomic E-state index is 11.8. The summed E-state index contributed by atoms with van der Waals surface area (Å²) in [7, 11) is 0. The second-order valence-electron chi connectivity index (χ2n) is 5.73. The first kappa shape index (κ1) is 20.7. The molecule has 3 N–H and O–H groups in total. The van der Waals surface area contributed by atoms with Crippen LogP contribution < -0.4 is 15.8 Å². The smallest absolute Gasteiger partial charge is 0.224 e. The van der Waals surface area contributed by atoms with Gasteiger partial charge in [0.2, 0.25) is 5.91 Å². The third kappa shape index (κ3) is 9.64. The second-order valence-corrected chi connectivity index (χ2v) is 5.73. The standard InChI is InChI=1S/C17H28N2O2.ClH/c1-14(2)13-21-16-9-7-8-15(12-16)19-17(20)10-5-3-4-6-11-18;/h7-9,12,14H,3-6,10-11,13,18H2,1-2H3,(H,19,20);1H. The number of ether oxygens (including phenoxy) is 1. The fourth-order valence-electron chi connectivity index (χ4n) is 1.93. The van der Waals surface area contributed by atoms with Crippen LogP contribution in [-0.4, -0.2) is 19.1 Å². The molecule has 0 aliphatic rings. The third-order valence-electron chi connectivity index (χ3n) is 3.06. The molecule has 22 heavy (non-hydrogen) atoms. The predicted molar refractivity (Wildman–Crippen MR) is 94.8 cm³/mol. The van der Waals surface area contributed by atoms with Gasteiger partial charge in [0.1, 0.15) is 5.75 Å². The molecule has 0 heterocycles. The van der Waals surface area contributed by atoms with Crippen molar-refractivity contribution in [1.29, 1.82) is 0 Å². The minimum absolute atomic E-state index is 0. The van der Waals surface area contributed by atoms with E-state index in [0.717, 1.165) is 43.7 Å². The van der Waals surface area contributed by atoms with E-state index >= 15 is 0 Å².